The molecule has 0 heterocycles. The molecule has 1 amide bonds. The summed E-state index contributed by atoms with van der Waals surface area (Å²) in [4.78, 5) is 22.4. The quantitative estimate of drug-likeness (QED) is 0.319. The first-order valence-electron chi connectivity index (χ1n) is 9.25. The van der Waals surface area contributed by atoms with Crippen LogP contribution in [0, 0.1) is 10.1 Å². The maximum atomic E-state index is 12.8. The molecule has 0 unspecified atom stereocenters. The average molecular weight is 457 g/mol. The van der Waals surface area contributed by atoms with Gasteiger partial charge < -0.3 is 24.8 Å². The van der Waals surface area contributed by atoms with Gasteiger partial charge in [-0.3, -0.25) is 14.9 Å². The van der Waals surface area contributed by atoms with Gasteiger partial charge in [-0.1, -0.05) is 0 Å². The number of carbonyl (C=O) groups excluding carboxylic acids is 1. The van der Waals surface area contributed by atoms with E-state index in [0.717, 1.165) is 12.1 Å². The summed E-state index contributed by atoms with van der Waals surface area (Å²) in [5.74, 6) is 0.835. The van der Waals surface area contributed by atoms with E-state index in [4.69, 9.17) is 14.2 Å². The van der Waals surface area contributed by atoms with Crippen molar-refractivity contribution in [2.45, 2.75) is 12.6 Å². The van der Waals surface area contributed by atoms with Gasteiger partial charge in [0, 0.05) is 19.2 Å². The number of halogens is 3. The highest BCUT2D eigenvalue weighted by Crippen LogP contribution is 2.38. The molecule has 0 spiro atoms. The summed E-state index contributed by atoms with van der Waals surface area (Å²) < 4.78 is 54.0. The third kappa shape index (κ3) is 6.15. The topological polar surface area (TPSA) is 112 Å². The largest absolute Gasteiger partial charge is 0.493 e. The highest BCUT2D eigenvalue weighted by atomic mass is 19.4. The maximum Gasteiger partial charge on any atom is 0.416 e. The molecule has 2 N–H and O–H groups in total. The van der Waals surface area contributed by atoms with Crippen molar-refractivity contribution in [3.05, 3.63) is 51.6 Å². The van der Waals surface area contributed by atoms with Gasteiger partial charge in [0.2, 0.25) is 11.7 Å². The van der Waals surface area contributed by atoms with Crippen LogP contribution in [-0.4, -0.2) is 45.2 Å². The molecule has 12 heteroatoms. The second kappa shape index (κ2) is 10.6. The molecule has 0 aliphatic rings. The Morgan fingerprint density at radius 1 is 1.03 bits per heavy atom. The van der Waals surface area contributed by atoms with Crippen molar-refractivity contribution in [3.63, 3.8) is 0 Å². The van der Waals surface area contributed by atoms with Crippen LogP contribution < -0.4 is 24.8 Å². The Bertz CT molecular complexity index is 957. The number of hydrogen-bond donors (Lipinski definition) is 2. The summed E-state index contributed by atoms with van der Waals surface area (Å²) in [5, 5.41) is 16.4. The Hall–Kier alpha value is -3.70. The number of ether oxygens (including phenoxy) is 3. The van der Waals surface area contributed by atoms with E-state index < -0.39 is 22.4 Å². The normalized spacial score (nSPS) is 10.9. The SMILES string of the molecule is COc1cc(CC(=O)NCCNc2ccc(C(F)(F)F)cc2[N+](=O)[O-])cc(OC)c1OC. The van der Waals surface area contributed by atoms with Gasteiger partial charge in [0.15, 0.2) is 11.5 Å². The molecule has 0 bridgehead atoms. The number of nitro benzene ring substituents is 1. The van der Waals surface area contributed by atoms with Crippen LogP contribution in [0.1, 0.15) is 11.1 Å². The highest BCUT2D eigenvalue weighted by Gasteiger charge is 2.33. The fourth-order valence-electron chi connectivity index (χ4n) is 2.89. The van der Waals surface area contributed by atoms with E-state index in [1.165, 1.54) is 21.3 Å². The number of nitrogens with zero attached hydrogens (tertiary/aromatic N) is 1. The van der Waals surface area contributed by atoms with Crippen molar-refractivity contribution in [1.82, 2.24) is 5.32 Å². The monoisotopic (exact) mass is 457 g/mol. The number of alkyl halides is 3. The minimum absolute atomic E-state index is 0.00284. The molecule has 0 aliphatic heterocycles. The van der Waals surface area contributed by atoms with Crippen LogP contribution in [0.15, 0.2) is 30.3 Å². The van der Waals surface area contributed by atoms with Crippen LogP contribution in [0.5, 0.6) is 17.2 Å². The number of carbonyl (C=O) groups is 1. The number of methoxy groups -OCH3 is 3. The molecule has 2 aromatic rings. The van der Waals surface area contributed by atoms with Gasteiger partial charge >= 0.3 is 6.18 Å². The Balaban J connectivity index is 1.96. The Morgan fingerprint density at radius 3 is 2.16 bits per heavy atom. The molecule has 32 heavy (non-hydrogen) atoms. The van der Waals surface area contributed by atoms with Crippen LogP contribution in [0.2, 0.25) is 0 Å². The lowest BCUT2D eigenvalue weighted by molar-refractivity contribution is -0.384. The molecule has 0 saturated carbocycles. The number of nitro groups is 1. The molecule has 2 rings (SSSR count). The van der Waals surface area contributed by atoms with Crippen LogP contribution >= 0.6 is 0 Å². The predicted molar refractivity (Wildman–Crippen MR) is 109 cm³/mol. The number of benzene rings is 2. The summed E-state index contributed by atoms with van der Waals surface area (Å²) in [6.45, 7) is 0.147. The summed E-state index contributed by atoms with van der Waals surface area (Å²) >= 11 is 0. The molecule has 0 saturated heterocycles. The minimum atomic E-state index is -4.69. The number of amides is 1. The van der Waals surface area contributed by atoms with Gasteiger partial charge in [-0.15, -0.1) is 0 Å². The van der Waals surface area contributed by atoms with Gasteiger partial charge in [-0.05, 0) is 29.8 Å². The van der Waals surface area contributed by atoms with Crippen molar-refractivity contribution < 1.29 is 37.1 Å². The first-order valence-corrected chi connectivity index (χ1v) is 9.25. The van der Waals surface area contributed by atoms with Gasteiger partial charge in [0.25, 0.3) is 5.69 Å². The molecule has 0 aliphatic carbocycles. The summed E-state index contributed by atoms with van der Waals surface area (Å²) in [5.41, 5.74) is -1.30. The zero-order chi connectivity index (χ0) is 23.9. The van der Waals surface area contributed by atoms with Crippen molar-refractivity contribution in [2.24, 2.45) is 0 Å². The van der Waals surface area contributed by atoms with Crippen molar-refractivity contribution in [3.8, 4) is 17.2 Å². The van der Waals surface area contributed by atoms with Gasteiger partial charge in [0.1, 0.15) is 5.69 Å². The zero-order valence-electron chi connectivity index (χ0n) is 17.5. The van der Waals surface area contributed by atoms with Gasteiger partial charge in [0.05, 0.1) is 38.2 Å². The van der Waals surface area contributed by atoms with E-state index in [9.17, 15) is 28.1 Å². The zero-order valence-corrected chi connectivity index (χ0v) is 17.5. The molecule has 0 fully saturated rings. The molecule has 2 aromatic carbocycles. The Labute approximate surface area is 181 Å². The standard InChI is InChI=1S/C20H22F3N3O6/c1-30-16-8-12(9-17(31-2)19(16)32-3)10-18(27)25-7-6-24-14-5-4-13(20(21,22)23)11-15(14)26(28)29/h4-5,8-9,11,24H,6-7,10H2,1-3H3,(H,25,27). The fraction of sp³-hybridized carbons (Fsp3) is 0.350. The van der Waals surface area contributed by atoms with E-state index in [1.54, 1.807) is 12.1 Å². The van der Waals surface area contributed by atoms with Gasteiger partial charge in [-0.25, -0.2) is 0 Å². The van der Waals surface area contributed by atoms with Crippen LogP contribution in [0.4, 0.5) is 24.5 Å². The lowest BCUT2D eigenvalue weighted by atomic mass is 10.1. The third-order valence-electron chi connectivity index (χ3n) is 4.37. The predicted octanol–water partition coefficient (Wildman–Crippen LogP) is 3.41. The van der Waals surface area contributed by atoms with Crippen LogP contribution in [0.3, 0.4) is 0 Å². The number of nitrogens with one attached hydrogen (secondary N) is 2. The van der Waals surface area contributed by atoms with Crippen LogP contribution in [0.25, 0.3) is 0 Å². The molecular formula is C20H22F3N3O6. The van der Waals surface area contributed by atoms with Crippen molar-refractivity contribution in [1.29, 1.82) is 0 Å². The van der Waals surface area contributed by atoms with E-state index in [-0.39, 0.29) is 31.1 Å². The summed E-state index contributed by atoms with van der Waals surface area (Å²) in [6.07, 6.45) is -4.69. The van der Waals surface area contributed by atoms with E-state index in [1.807, 2.05) is 0 Å². The third-order valence-corrected chi connectivity index (χ3v) is 4.37. The van der Waals surface area contributed by atoms with E-state index >= 15 is 0 Å². The average Bonchev–Trinajstić information content (AvgIpc) is 2.75. The molecule has 0 atom stereocenters. The van der Waals surface area contributed by atoms with Crippen LogP contribution in [-0.2, 0) is 17.4 Å². The Kier molecular flexibility index (Phi) is 8.10. The number of hydrogen-bond acceptors (Lipinski definition) is 7. The Morgan fingerprint density at radius 2 is 1.66 bits per heavy atom. The van der Waals surface area contributed by atoms with Gasteiger partial charge in [-0.2, -0.15) is 13.2 Å². The lowest BCUT2D eigenvalue weighted by Crippen LogP contribution is -2.30. The smallest absolute Gasteiger partial charge is 0.416 e. The summed E-state index contributed by atoms with van der Waals surface area (Å²) in [6, 6.07) is 5.46. The summed E-state index contributed by atoms with van der Waals surface area (Å²) in [7, 11) is 4.36. The second-order valence-corrected chi connectivity index (χ2v) is 6.47. The second-order valence-electron chi connectivity index (χ2n) is 6.47. The first kappa shape index (κ1) is 24.6. The number of anilines is 1. The lowest BCUT2D eigenvalue weighted by Gasteiger charge is -2.14. The first-order chi connectivity index (χ1) is 15.1. The molecule has 174 valence electrons. The van der Waals surface area contributed by atoms with E-state index in [0.29, 0.717) is 28.9 Å². The van der Waals surface area contributed by atoms with Crippen molar-refractivity contribution in [2.75, 3.05) is 39.7 Å². The molecule has 0 aromatic heterocycles. The number of rotatable bonds is 10. The maximum absolute atomic E-state index is 12.8. The highest BCUT2D eigenvalue weighted by molar-refractivity contribution is 5.79. The fourth-order valence-corrected chi connectivity index (χ4v) is 2.89. The minimum Gasteiger partial charge on any atom is -0.493 e. The molecular weight excluding hydrogens is 435 g/mol. The molecule has 0 radical (unpaired) electrons. The molecule has 9 nitrogen and oxygen atoms in total. The van der Waals surface area contributed by atoms with E-state index in [2.05, 4.69) is 10.6 Å². The van der Waals surface area contributed by atoms with Crippen molar-refractivity contribution >= 4 is 17.3 Å².